The predicted molar refractivity (Wildman–Crippen MR) is 121 cm³/mol. The van der Waals surface area contributed by atoms with Crippen molar-refractivity contribution in [1.82, 2.24) is 19.7 Å². The zero-order valence-corrected chi connectivity index (χ0v) is 18.2. The Kier molecular flexibility index (Phi) is 5.34. The molecule has 8 nitrogen and oxygen atoms in total. The third-order valence-corrected chi connectivity index (χ3v) is 5.92. The van der Waals surface area contributed by atoms with E-state index in [0.717, 1.165) is 35.0 Å². The Morgan fingerprint density at radius 3 is 2.84 bits per heavy atom. The normalized spacial score (nSPS) is 14.6. The summed E-state index contributed by atoms with van der Waals surface area (Å²) < 4.78 is 13.1. The number of pyridine rings is 1. The van der Waals surface area contributed by atoms with Gasteiger partial charge < -0.3 is 14.5 Å². The van der Waals surface area contributed by atoms with Crippen molar-refractivity contribution in [3.05, 3.63) is 54.3 Å². The highest BCUT2D eigenvalue weighted by molar-refractivity contribution is 6.05. The summed E-state index contributed by atoms with van der Waals surface area (Å²) in [5, 5.41) is 8.62. The minimum absolute atomic E-state index is 0.189. The van der Waals surface area contributed by atoms with Crippen LogP contribution in [0.15, 0.2) is 47.3 Å². The Hall–Kier alpha value is -3.68. The predicted octanol–water partition coefficient (Wildman–Crippen LogP) is 5.16. The van der Waals surface area contributed by atoms with Gasteiger partial charge >= 0.3 is 0 Å². The quantitative estimate of drug-likeness (QED) is 0.469. The van der Waals surface area contributed by atoms with Crippen LogP contribution in [0.5, 0.6) is 5.75 Å². The lowest BCUT2D eigenvalue weighted by Gasteiger charge is -2.21. The largest absolute Gasteiger partial charge is 0.494 e. The molecule has 1 saturated carbocycles. The van der Waals surface area contributed by atoms with Crippen LogP contribution >= 0.6 is 0 Å². The molecule has 1 aliphatic carbocycles. The zero-order chi connectivity index (χ0) is 22.1. The number of hydrogen-bond acceptors (Lipinski definition) is 6. The second-order valence-electron chi connectivity index (χ2n) is 8.19. The molecule has 0 radical (unpaired) electrons. The number of rotatable bonds is 5. The number of nitrogens with zero attached hydrogens (tertiary/aromatic N) is 4. The molecule has 0 bridgehead atoms. The van der Waals surface area contributed by atoms with Gasteiger partial charge in [-0.05, 0) is 38.0 Å². The Morgan fingerprint density at radius 1 is 1.22 bits per heavy atom. The number of nitrogens with one attached hydrogen (secondary N) is 1. The van der Waals surface area contributed by atoms with Gasteiger partial charge in [-0.15, -0.1) is 0 Å². The summed E-state index contributed by atoms with van der Waals surface area (Å²) >= 11 is 0. The molecule has 1 fully saturated rings. The molecular weight excluding hydrogens is 406 g/mol. The minimum atomic E-state index is -0.372. The summed E-state index contributed by atoms with van der Waals surface area (Å²) in [6.45, 7) is 1.89. The van der Waals surface area contributed by atoms with E-state index in [1.807, 2.05) is 25.1 Å². The Bertz CT molecular complexity index is 1270. The number of methoxy groups -OCH3 is 1. The number of ether oxygens (including phenoxy) is 1. The fraction of sp³-hybridized carbons (Fsp3) is 0.333. The number of oxazole rings is 1. The van der Waals surface area contributed by atoms with Crippen molar-refractivity contribution in [2.45, 2.75) is 45.1 Å². The molecule has 0 spiro atoms. The summed E-state index contributed by atoms with van der Waals surface area (Å²) in [6, 6.07) is 7.84. The molecule has 4 aromatic rings. The monoisotopic (exact) mass is 431 g/mol. The van der Waals surface area contributed by atoms with Crippen LogP contribution < -0.4 is 10.1 Å². The molecule has 0 saturated heterocycles. The summed E-state index contributed by atoms with van der Waals surface area (Å²) in [6.07, 6.45) is 11.2. The zero-order valence-electron chi connectivity index (χ0n) is 18.2. The first kappa shape index (κ1) is 20.2. The maximum Gasteiger partial charge on any atom is 0.277 e. The Labute approximate surface area is 185 Å². The van der Waals surface area contributed by atoms with E-state index < -0.39 is 0 Å². The van der Waals surface area contributed by atoms with Gasteiger partial charge in [-0.2, -0.15) is 5.10 Å². The van der Waals surface area contributed by atoms with E-state index >= 15 is 0 Å². The smallest absolute Gasteiger partial charge is 0.277 e. The molecule has 164 valence electrons. The van der Waals surface area contributed by atoms with Crippen molar-refractivity contribution < 1.29 is 13.9 Å². The fourth-order valence-corrected chi connectivity index (χ4v) is 4.25. The van der Waals surface area contributed by atoms with Crippen molar-refractivity contribution in [1.29, 1.82) is 0 Å². The number of anilines is 1. The Morgan fingerprint density at radius 2 is 2.06 bits per heavy atom. The lowest BCUT2D eigenvalue weighted by atomic mass is 9.96. The van der Waals surface area contributed by atoms with E-state index in [9.17, 15) is 4.79 Å². The maximum absolute atomic E-state index is 12.9. The lowest BCUT2D eigenvalue weighted by molar-refractivity contribution is 0.102. The van der Waals surface area contributed by atoms with Crippen LogP contribution in [-0.2, 0) is 0 Å². The molecular formula is C24H25N5O3. The molecule has 0 aliphatic heterocycles. The molecule has 3 heterocycles. The van der Waals surface area contributed by atoms with E-state index in [-0.39, 0.29) is 11.6 Å². The highest BCUT2D eigenvalue weighted by Gasteiger charge is 2.19. The molecule has 8 heteroatoms. The molecule has 3 aromatic heterocycles. The van der Waals surface area contributed by atoms with Crippen LogP contribution in [0.2, 0.25) is 0 Å². The average Bonchev–Trinajstić information content (AvgIpc) is 3.46. The molecule has 1 N–H and O–H groups in total. The van der Waals surface area contributed by atoms with Crippen molar-refractivity contribution >= 4 is 22.5 Å². The fourth-order valence-electron chi connectivity index (χ4n) is 4.25. The first-order valence-corrected chi connectivity index (χ1v) is 10.9. The van der Waals surface area contributed by atoms with Gasteiger partial charge in [0.2, 0.25) is 5.89 Å². The number of amides is 1. The van der Waals surface area contributed by atoms with Crippen molar-refractivity contribution in [3.8, 4) is 17.2 Å². The van der Waals surface area contributed by atoms with E-state index in [2.05, 4.69) is 26.2 Å². The van der Waals surface area contributed by atoms with Crippen LogP contribution in [0.1, 0.15) is 54.3 Å². The molecule has 0 unspecified atom stereocenters. The van der Waals surface area contributed by atoms with E-state index in [1.54, 1.807) is 19.4 Å². The molecule has 0 atom stereocenters. The molecule has 1 amide bonds. The van der Waals surface area contributed by atoms with E-state index in [0.29, 0.717) is 23.4 Å². The number of aromatic nitrogens is 4. The molecule has 32 heavy (non-hydrogen) atoms. The first-order valence-electron chi connectivity index (χ1n) is 10.9. The first-order chi connectivity index (χ1) is 15.6. The van der Waals surface area contributed by atoms with E-state index in [1.165, 1.54) is 25.5 Å². The maximum atomic E-state index is 12.9. The summed E-state index contributed by atoms with van der Waals surface area (Å²) in [4.78, 5) is 21.4. The number of aryl methyl sites for hydroxylation is 1. The Balaban J connectivity index is 1.39. The topological polar surface area (TPSA) is 95.1 Å². The van der Waals surface area contributed by atoms with Crippen LogP contribution in [0.3, 0.4) is 0 Å². The minimum Gasteiger partial charge on any atom is -0.494 e. The van der Waals surface area contributed by atoms with Gasteiger partial charge in [0.05, 0.1) is 24.4 Å². The SMILES string of the molecule is COc1cc2nn(C3CCCCC3)cc2cc1NC(=O)c1coc(-c2ccnc(C)c2)n1. The summed E-state index contributed by atoms with van der Waals surface area (Å²) in [5.74, 6) is 0.549. The van der Waals surface area contributed by atoms with E-state index in [4.69, 9.17) is 14.3 Å². The van der Waals surface area contributed by atoms with Gasteiger partial charge in [-0.1, -0.05) is 19.3 Å². The molecule has 1 aliphatic rings. The highest BCUT2D eigenvalue weighted by atomic mass is 16.5. The van der Waals surface area contributed by atoms with Gasteiger partial charge in [0.1, 0.15) is 12.0 Å². The van der Waals surface area contributed by atoms with Crippen LogP contribution in [0.4, 0.5) is 5.69 Å². The third kappa shape index (κ3) is 3.95. The number of carbonyl (C=O) groups is 1. The second kappa shape index (κ2) is 8.45. The average molecular weight is 431 g/mol. The lowest BCUT2D eigenvalue weighted by Crippen LogP contribution is -2.13. The molecule has 5 rings (SSSR count). The van der Waals surface area contributed by atoms with Gasteiger partial charge in [-0.3, -0.25) is 14.5 Å². The number of fused-ring (bicyclic) bond motifs is 1. The number of carbonyl (C=O) groups excluding carboxylic acids is 1. The van der Waals surface area contributed by atoms with Gasteiger partial charge in [0.15, 0.2) is 5.69 Å². The van der Waals surface area contributed by atoms with Gasteiger partial charge in [0, 0.05) is 35.1 Å². The third-order valence-electron chi connectivity index (χ3n) is 5.92. The summed E-state index contributed by atoms with van der Waals surface area (Å²) in [5.41, 5.74) is 3.22. The number of hydrogen-bond donors (Lipinski definition) is 1. The van der Waals surface area contributed by atoms with Crippen molar-refractivity contribution in [2.75, 3.05) is 12.4 Å². The standard InChI is InChI=1S/C24H25N5O3/c1-15-10-16(8-9-25-15)24-27-21(14-32-24)23(30)26-20-11-17-13-29(18-6-4-3-5-7-18)28-19(17)12-22(20)31-2/h8-14,18H,3-7H2,1-2H3,(H,26,30). The van der Waals surface area contributed by atoms with Gasteiger partial charge in [0.25, 0.3) is 5.91 Å². The van der Waals surface area contributed by atoms with Crippen LogP contribution in [0, 0.1) is 6.92 Å². The van der Waals surface area contributed by atoms with Crippen molar-refractivity contribution in [3.63, 3.8) is 0 Å². The van der Waals surface area contributed by atoms with Crippen LogP contribution in [0.25, 0.3) is 22.4 Å². The highest BCUT2D eigenvalue weighted by Crippen LogP contribution is 2.33. The second-order valence-corrected chi connectivity index (χ2v) is 8.19. The van der Waals surface area contributed by atoms with Crippen molar-refractivity contribution in [2.24, 2.45) is 0 Å². The van der Waals surface area contributed by atoms with Crippen LogP contribution in [-0.4, -0.2) is 32.8 Å². The van der Waals surface area contributed by atoms with Gasteiger partial charge in [-0.25, -0.2) is 4.98 Å². The molecule has 1 aromatic carbocycles. The summed E-state index contributed by atoms with van der Waals surface area (Å²) in [7, 11) is 1.58. The number of benzene rings is 1.